The fourth-order valence-electron chi connectivity index (χ4n) is 16.0. The van der Waals surface area contributed by atoms with Crippen molar-refractivity contribution in [3.05, 3.63) is 107 Å². The number of nitrogens with zero attached hydrogens (tertiary/aromatic N) is 5. The number of halogens is 2. The summed E-state index contributed by atoms with van der Waals surface area (Å²) in [6, 6.07) is 28.2. The van der Waals surface area contributed by atoms with E-state index in [0.29, 0.717) is 48.4 Å². The third-order valence-electron chi connectivity index (χ3n) is 21.1. The average Bonchev–Trinajstić information content (AvgIpc) is 2.25. The van der Waals surface area contributed by atoms with Crippen molar-refractivity contribution in [3.8, 4) is 45.9 Å². The molecule has 16 heteroatoms. The third-order valence-corrected chi connectivity index (χ3v) is 21.1. The monoisotopic (exact) mass is 1160 g/mol. The molecule has 0 radical (unpaired) electrons. The summed E-state index contributed by atoms with van der Waals surface area (Å²) in [4.78, 5) is 46.2. The van der Waals surface area contributed by atoms with Gasteiger partial charge < -0.3 is 29.0 Å². The number of hydrogen-bond donors (Lipinski definition) is 1. The summed E-state index contributed by atoms with van der Waals surface area (Å²) in [6.45, 7) is 14.3. The van der Waals surface area contributed by atoms with Gasteiger partial charge in [-0.25, -0.2) is 13.6 Å². The maximum Gasteiger partial charge on any atom is 0.411 e. The number of rotatable bonds is 14. The SMILES string of the molecule is CC(C)(C)OC(=O)N1[C@@H]2CC[C@@H](C2)[C@H]1C(=O)C[C@H](C#N)Cc1ccc(-c2ccc3c(c2)C2(CCN(C4COC4)CC2)CO3)cc1F.N#C[C@@H](CC(=O)[C@H]1N[C@@H]2CC[C@H]1C2)Cc1ccc(-c2ccc3c(c2)C2(CCN(C4COC4)CC2)CO3)cc1F. The molecule has 4 aromatic carbocycles. The molecule has 4 bridgehead atoms. The van der Waals surface area contributed by atoms with Crippen LogP contribution in [0.1, 0.15) is 120 Å². The predicted octanol–water partition coefficient (Wildman–Crippen LogP) is 10.4. The normalized spacial score (nSPS) is 26.9. The number of ketones is 2. The van der Waals surface area contributed by atoms with Crippen LogP contribution < -0.4 is 14.8 Å². The molecule has 4 aromatic rings. The van der Waals surface area contributed by atoms with Crippen molar-refractivity contribution in [1.29, 1.82) is 10.5 Å². The Hall–Kier alpha value is -6.27. The van der Waals surface area contributed by atoms with Gasteiger partial charge in [0.15, 0.2) is 11.6 Å². The van der Waals surface area contributed by atoms with Crippen LogP contribution in [0.5, 0.6) is 11.5 Å². The van der Waals surface area contributed by atoms with Crippen molar-refractivity contribution in [2.24, 2.45) is 23.7 Å². The highest BCUT2D eigenvalue weighted by atomic mass is 19.1. The molecule has 8 heterocycles. The maximum atomic E-state index is 15.6. The minimum Gasteiger partial charge on any atom is -0.492 e. The van der Waals surface area contributed by atoms with E-state index in [1.807, 2.05) is 57.2 Å². The van der Waals surface area contributed by atoms with Gasteiger partial charge in [0.05, 0.1) is 87.8 Å². The van der Waals surface area contributed by atoms with Gasteiger partial charge in [-0.05, 0) is 206 Å². The van der Waals surface area contributed by atoms with E-state index in [1.54, 1.807) is 23.1 Å². The number of nitrogens with one attached hydrogen (secondary N) is 1. The molecule has 0 unspecified atom stereocenters. The first kappa shape index (κ1) is 57.8. The Morgan fingerprint density at radius 3 is 1.55 bits per heavy atom. The number of fused-ring (bicyclic) bond motifs is 8. The number of hydrogen-bond acceptors (Lipinski definition) is 13. The second-order valence-electron chi connectivity index (χ2n) is 27.5. The van der Waals surface area contributed by atoms with E-state index in [9.17, 15) is 24.9 Å². The lowest BCUT2D eigenvalue weighted by Crippen LogP contribution is -2.54. The fraction of sp³-hybridized carbons (Fsp3) is 0.580. The summed E-state index contributed by atoms with van der Waals surface area (Å²) in [5.74, 6) is 0.404. The van der Waals surface area contributed by atoms with Gasteiger partial charge in [0.2, 0.25) is 0 Å². The predicted molar refractivity (Wildman–Crippen MR) is 315 cm³/mol. The minimum absolute atomic E-state index is 0.00442. The van der Waals surface area contributed by atoms with Crippen LogP contribution >= 0.6 is 0 Å². The summed E-state index contributed by atoms with van der Waals surface area (Å²) in [6.07, 6.45) is 10.1. The van der Waals surface area contributed by atoms with E-state index in [0.717, 1.165) is 151 Å². The Morgan fingerprint density at radius 1 is 0.635 bits per heavy atom. The van der Waals surface area contributed by atoms with Crippen molar-refractivity contribution in [3.63, 3.8) is 0 Å². The molecule has 2 aliphatic carbocycles. The Labute approximate surface area is 498 Å². The largest absolute Gasteiger partial charge is 0.492 e. The van der Waals surface area contributed by atoms with E-state index >= 15 is 8.78 Å². The van der Waals surface area contributed by atoms with Crippen LogP contribution in [0.3, 0.4) is 0 Å². The molecule has 6 saturated heterocycles. The fourth-order valence-corrected chi connectivity index (χ4v) is 16.0. The van der Waals surface area contributed by atoms with Crippen LogP contribution in [0, 0.1) is 58.0 Å². The van der Waals surface area contributed by atoms with Gasteiger partial charge in [0, 0.05) is 46.9 Å². The topological polar surface area (TPSA) is 167 Å². The molecule has 0 aromatic heterocycles. The zero-order chi connectivity index (χ0) is 58.8. The second-order valence-corrected chi connectivity index (χ2v) is 27.5. The molecule has 8 aliphatic heterocycles. The highest BCUT2D eigenvalue weighted by Gasteiger charge is 2.53. The van der Waals surface area contributed by atoms with Crippen molar-refractivity contribution in [1.82, 2.24) is 20.0 Å². The van der Waals surface area contributed by atoms with Crippen LogP contribution in [0.15, 0.2) is 72.8 Å². The van der Waals surface area contributed by atoms with E-state index < -0.39 is 29.6 Å². The molecular formula is C69H80F2N6O8. The molecule has 14 nitrogen and oxygen atoms in total. The van der Waals surface area contributed by atoms with E-state index in [1.165, 1.54) is 17.2 Å². The van der Waals surface area contributed by atoms with Crippen LogP contribution in [-0.4, -0.2) is 140 Å². The lowest BCUT2D eigenvalue weighted by Gasteiger charge is -2.44. The first-order valence-electron chi connectivity index (χ1n) is 31.4. The Morgan fingerprint density at radius 2 is 1.12 bits per heavy atom. The van der Waals surface area contributed by atoms with Crippen molar-refractivity contribution >= 4 is 17.7 Å². The molecule has 8 fully saturated rings. The quantitative estimate of drug-likeness (QED) is 0.127. The number of Topliss-reactive ketones (excluding diaryl/α,β-unsaturated/α-hetero) is 2. The number of amides is 1. The summed E-state index contributed by atoms with van der Waals surface area (Å²) < 4.78 is 59.6. The molecule has 448 valence electrons. The molecule has 14 rings (SSSR count). The van der Waals surface area contributed by atoms with Gasteiger partial charge in [0.1, 0.15) is 28.7 Å². The molecule has 1 N–H and O–H groups in total. The van der Waals surface area contributed by atoms with Gasteiger partial charge in [-0.2, -0.15) is 10.5 Å². The van der Waals surface area contributed by atoms with Crippen LogP contribution in [0.2, 0.25) is 0 Å². The van der Waals surface area contributed by atoms with Crippen molar-refractivity contribution < 1.29 is 46.8 Å². The van der Waals surface area contributed by atoms with Gasteiger partial charge in [0.25, 0.3) is 0 Å². The smallest absolute Gasteiger partial charge is 0.411 e. The standard InChI is InChI=1S/C37H44FN3O5.C32H36FN3O3/c1-36(2,3)46-35(43)41-28-8-6-27(16-28)34(41)32(42)15-23(19-39)14-26-5-4-25(18-31(26)38)24-7-9-33-30(17-24)37(22-45-33)10-12-40(13-11-37)29-20-44-21-29;33-28-15-22(1-2-23(28)11-20(16-34)12-29(37)31-24-3-5-25(13-24)35-31)21-4-6-30-27(14-21)32(19-39-30)7-9-36(10-8-32)26-17-38-18-26/h4-5,7,9,17-18,23,27-29,34H,6,8,10-16,20-22H2,1-3H3;1-2,4,6,14-15,20,24-26,31,35H,3,5,7-13,17-19H2/t23-,27+,28-,34+;20-,24+,25-,31+/m11/s1. The summed E-state index contributed by atoms with van der Waals surface area (Å²) in [7, 11) is 0. The highest BCUT2D eigenvalue weighted by molar-refractivity contribution is 5.89. The number of carbonyl (C=O) groups is 3. The van der Waals surface area contributed by atoms with Crippen LogP contribution in [-0.2, 0) is 47.5 Å². The number of benzene rings is 4. The number of ether oxygens (including phenoxy) is 5. The number of nitriles is 2. The Bertz CT molecular complexity index is 3290. The first-order chi connectivity index (χ1) is 41.0. The maximum absolute atomic E-state index is 15.6. The van der Waals surface area contributed by atoms with Crippen LogP contribution in [0.25, 0.3) is 22.3 Å². The molecule has 2 spiro atoms. The first-order valence-corrected chi connectivity index (χ1v) is 31.4. The zero-order valence-electron chi connectivity index (χ0n) is 49.4. The Balaban J connectivity index is 0.000000160. The lowest BCUT2D eigenvalue weighted by atomic mass is 9.73. The molecular weight excluding hydrogens is 1080 g/mol. The van der Waals surface area contributed by atoms with Crippen LogP contribution in [0.4, 0.5) is 13.6 Å². The van der Waals surface area contributed by atoms with Gasteiger partial charge >= 0.3 is 6.09 Å². The summed E-state index contributed by atoms with van der Waals surface area (Å²) in [5.41, 5.74) is 6.21. The van der Waals surface area contributed by atoms with Gasteiger partial charge in [-0.3, -0.25) is 24.3 Å². The number of carbonyl (C=O) groups excluding carboxylic acids is 3. The van der Waals surface area contributed by atoms with Gasteiger partial charge in [-0.1, -0.05) is 36.4 Å². The highest BCUT2D eigenvalue weighted by Crippen LogP contribution is 2.50. The number of piperidine rings is 4. The molecule has 1 amide bonds. The minimum atomic E-state index is -0.693. The molecule has 8 atom stereocenters. The second kappa shape index (κ2) is 23.4. The van der Waals surface area contributed by atoms with Crippen molar-refractivity contribution in [2.75, 3.05) is 65.8 Å². The lowest BCUT2D eigenvalue weighted by molar-refractivity contribution is -0.126. The molecule has 85 heavy (non-hydrogen) atoms. The van der Waals surface area contributed by atoms with E-state index in [2.05, 4.69) is 39.4 Å². The summed E-state index contributed by atoms with van der Waals surface area (Å²) in [5, 5.41) is 23.2. The molecule has 10 aliphatic rings. The van der Waals surface area contributed by atoms with E-state index in [-0.39, 0.29) is 77.7 Å². The van der Waals surface area contributed by atoms with E-state index in [4.69, 9.17) is 23.7 Å². The molecule has 2 saturated carbocycles. The Kier molecular flexibility index (Phi) is 15.9. The summed E-state index contributed by atoms with van der Waals surface area (Å²) >= 11 is 0. The van der Waals surface area contributed by atoms with Crippen molar-refractivity contribution in [2.45, 2.75) is 163 Å². The average molecular weight is 1160 g/mol. The number of likely N-dealkylation sites (tertiary alicyclic amines) is 3. The van der Waals surface area contributed by atoms with Gasteiger partial charge in [-0.15, -0.1) is 0 Å². The zero-order valence-corrected chi connectivity index (χ0v) is 49.4. The third kappa shape index (κ3) is 11.5.